The standard InChI is InChI=1S/C14H17N5O2/c1-9-6-10(17-12(20)7-9)14(21)19-5-3-2-4-11(19)13-15-8-16-18-13/h6-8,11H,2-5H2,1H3,(H,17,20)(H,15,16,18). The highest BCUT2D eigenvalue weighted by atomic mass is 16.2. The molecule has 2 N–H and O–H groups in total. The topological polar surface area (TPSA) is 94.7 Å². The maximum atomic E-state index is 12.7. The maximum Gasteiger partial charge on any atom is 0.271 e. The second-order valence-electron chi connectivity index (χ2n) is 5.32. The number of aromatic nitrogens is 4. The van der Waals surface area contributed by atoms with Crippen LogP contribution >= 0.6 is 0 Å². The van der Waals surface area contributed by atoms with Gasteiger partial charge >= 0.3 is 0 Å². The summed E-state index contributed by atoms with van der Waals surface area (Å²) < 4.78 is 0. The van der Waals surface area contributed by atoms with Crippen LogP contribution in [0.5, 0.6) is 0 Å². The minimum atomic E-state index is -0.258. The van der Waals surface area contributed by atoms with E-state index in [1.54, 1.807) is 17.9 Å². The van der Waals surface area contributed by atoms with Crippen molar-refractivity contribution in [3.05, 3.63) is 45.9 Å². The van der Waals surface area contributed by atoms with Crippen molar-refractivity contribution < 1.29 is 4.79 Å². The highest BCUT2D eigenvalue weighted by Gasteiger charge is 2.30. The summed E-state index contributed by atoms with van der Waals surface area (Å²) in [5.41, 5.74) is 0.841. The lowest BCUT2D eigenvalue weighted by molar-refractivity contribution is 0.0594. The number of aryl methyl sites for hydroxylation is 1. The Morgan fingerprint density at radius 3 is 2.95 bits per heavy atom. The Morgan fingerprint density at radius 1 is 1.38 bits per heavy atom. The molecule has 1 amide bonds. The number of H-pyrrole nitrogens is 2. The van der Waals surface area contributed by atoms with Crippen molar-refractivity contribution in [2.75, 3.05) is 6.54 Å². The summed E-state index contributed by atoms with van der Waals surface area (Å²) in [5, 5.41) is 6.70. The molecule has 21 heavy (non-hydrogen) atoms. The zero-order valence-corrected chi connectivity index (χ0v) is 11.8. The monoisotopic (exact) mass is 287 g/mol. The van der Waals surface area contributed by atoms with E-state index in [9.17, 15) is 9.59 Å². The fourth-order valence-electron chi connectivity index (χ4n) is 2.79. The molecule has 1 aliphatic heterocycles. The van der Waals surface area contributed by atoms with Gasteiger partial charge in [0.25, 0.3) is 5.91 Å². The zero-order chi connectivity index (χ0) is 14.8. The minimum absolute atomic E-state index is 0.113. The van der Waals surface area contributed by atoms with Crippen LogP contribution in [0.4, 0.5) is 0 Å². The summed E-state index contributed by atoms with van der Waals surface area (Å²) in [5.74, 6) is 0.523. The molecule has 2 aromatic heterocycles. The van der Waals surface area contributed by atoms with Crippen LogP contribution in [-0.2, 0) is 0 Å². The third kappa shape index (κ3) is 2.72. The van der Waals surface area contributed by atoms with Crippen molar-refractivity contribution in [1.29, 1.82) is 0 Å². The summed E-state index contributed by atoms with van der Waals surface area (Å²) in [6, 6.07) is 3.06. The Bertz CT molecular complexity index is 692. The molecule has 1 unspecified atom stereocenters. The molecule has 7 nitrogen and oxygen atoms in total. The molecule has 3 heterocycles. The average molecular weight is 287 g/mol. The van der Waals surface area contributed by atoms with E-state index < -0.39 is 0 Å². The summed E-state index contributed by atoms with van der Waals surface area (Å²) in [6.45, 7) is 2.45. The number of carbonyl (C=O) groups excluding carboxylic acids is 1. The first-order chi connectivity index (χ1) is 10.1. The lowest BCUT2D eigenvalue weighted by Crippen LogP contribution is -2.40. The lowest BCUT2D eigenvalue weighted by atomic mass is 10.0. The van der Waals surface area contributed by atoms with Crippen LogP contribution in [0.1, 0.15) is 47.2 Å². The fraction of sp³-hybridized carbons (Fsp3) is 0.429. The number of rotatable bonds is 2. The van der Waals surface area contributed by atoms with Gasteiger partial charge in [-0.1, -0.05) is 0 Å². The molecule has 0 saturated carbocycles. The Hall–Kier alpha value is -2.44. The van der Waals surface area contributed by atoms with E-state index in [4.69, 9.17) is 0 Å². The lowest BCUT2D eigenvalue weighted by Gasteiger charge is -2.34. The first-order valence-corrected chi connectivity index (χ1v) is 7.02. The van der Waals surface area contributed by atoms with Crippen molar-refractivity contribution in [2.45, 2.75) is 32.2 Å². The fourth-order valence-corrected chi connectivity index (χ4v) is 2.79. The van der Waals surface area contributed by atoms with Gasteiger partial charge in [-0.25, -0.2) is 4.98 Å². The second kappa shape index (κ2) is 5.51. The molecule has 7 heteroatoms. The third-order valence-corrected chi connectivity index (χ3v) is 3.73. The Labute approximate surface area is 121 Å². The zero-order valence-electron chi connectivity index (χ0n) is 11.8. The number of aromatic amines is 2. The molecule has 110 valence electrons. The predicted octanol–water partition coefficient (Wildman–Crippen LogP) is 1.17. The number of hydrogen-bond acceptors (Lipinski definition) is 4. The average Bonchev–Trinajstić information content (AvgIpc) is 2.99. The van der Waals surface area contributed by atoms with Gasteiger partial charge in [0, 0.05) is 12.6 Å². The van der Waals surface area contributed by atoms with Crippen LogP contribution in [0.3, 0.4) is 0 Å². The van der Waals surface area contributed by atoms with E-state index in [2.05, 4.69) is 20.2 Å². The van der Waals surface area contributed by atoms with Crippen LogP contribution in [0, 0.1) is 6.92 Å². The summed E-state index contributed by atoms with van der Waals surface area (Å²) >= 11 is 0. The molecule has 0 bridgehead atoms. The molecule has 1 fully saturated rings. The number of nitrogens with zero attached hydrogens (tertiary/aromatic N) is 3. The van der Waals surface area contributed by atoms with Crippen molar-refractivity contribution in [3.63, 3.8) is 0 Å². The van der Waals surface area contributed by atoms with Gasteiger partial charge in [0.1, 0.15) is 17.8 Å². The van der Waals surface area contributed by atoms with E-state index in [1.807, 2.05) is 0 Å². The molecule has 1 atom stereocenters. The molecule has 0 aliphatic carbocycles. The number of amides is 1. The molecule has 1 aliphatic rings. The summed E-state index contributed by atoms with van der Waals surface area (Å²) in [4.78, 5) is 32.8. The van der Waals surface area contributed by atoms with E-state index in [0.717, 1.165) is 24.8 Å². The molecule has 0 radical (unpaired) electrons. The van der Waals surface area contributed by atoms with Crippen LogP contribution in [0.2, 0.25) is 0 Å². The Balaban J connectivity index is 1.92. The number of pyridine rings is 1. The predicted molar refractivity (Wildman–Crippen MR) is 75.8 cm³/mol. The molecule has 1 saturated heterocycles. The smallest absolute Gasteiger partial charge is 0.271 e. The quantitative estimate of drug-likeness (QED) is 0.866. The Morgan fingerprint density at radius 2 is 2.24 bits per heavy atom. The van der Waals surface area contributed by atoms with E-state index in [0.29, 0.717) is 18.1 Å². The summed E-state index contributed by atoms with van der Waals surface area (Å²) in [7, 11) is 0. The summed E-state index contributed by atoms with van der Waals surface area (Å²) in [6.07, 6.45) is 4.28. The van der Waals surface area contributed by atoms with E-state index >= 15 is 0 Å². The molecule has 0 aromatic carbocycles. The van der Waals surface area contributed by atoms with Gasteiger partial charge in [-0.2, -0.15) is 5.10 Å². The van der Waals surface area contributed by atoms with Crippen molar-refractivity contribution in [1.82, 2.24) is 25.1 Å². The maximum absolute atomic E-state index is 12.7. The van der Waals surface area contributed by atoms with Crippen molar-refractivity contribution in [2.24, 2.45) is 0 Å². The van der Waals surface area contributed by atoms with Crippen molar-refractivity contribution in [3.8, 4) is 0 Å². The Kier molecular flexibility index (Phi) is 3.55. The molecular weight excluding hydrogens is 270 g/mol. The second-order valence-corrected chi connectivity index (χ2v) is 5.32. The highest BCUT2D eigenvalue weighted by molar-refractivity contribution is 5.92. The van der Waals surface area contributed by atoms with Gasteiger partial charge in [0.15, 0.2) is 0 Å². The molecule has 0 spiro atoms. The highest BCUT2D eigenvalue weighted by Crippen LogP contribution is 2.29. The number of piperidine rings is 1. The van der Waals surface area contributed by atoms with Gasteiger partial charge in [-0.05, 0) is 37.8 Å². The van der Waals surface area contributed by atoms with Gasteiger partial charge in [0.05, 0.1) is 6.04 Å². The molecular formula is C14H17N5O2. The first kappa shape index (κ1) is 13.5. The molecule has 3 rings (SSSR count). The van der Waals surface area contributed by atoms with E-state index in [-0.39, 0.29) is 17.5 Å². The number of nitrogens with one attached hydrogen (secondary N) is 2. The van der Waals surface area contributed by atoms with Crippen LogP contribution in [-0.4, -0.2) is 37.5 Å². The number of likely N-dealkylation sites (tertiary alicyclic amines) is 1. The van der Waals surface area contributed by atoms with Gasteiger partial charge < -0.3 is 9.88 Å². The van der Waals surface area contributed by atoms with Crippen LogP contribution in [0.15, 0.2) is 23.3 Å². The normalized spacial score (nSPS) is 18.7. The van der Waals surface area contributed by atoms with E-state index in [1.165, 1.54) is 12.4 Å². The first-order valence-electron chi connectivity index (χ1n) is 7.02. The van der Waals surface area contributed by atoms with Gasteiger partial charge in [-0.15, -0.1) is 0 Å². The SMILES string of the molecule is Cc1cc(C(=O)N2CCCCC2c2ncn[nH]2)[nH]c(=O)c1. The van der Waals surface area contributed by atoms with Gasteiger partial charge in [0.2, 0.25) is 5.56 Å². The van der Waals surface area contributed by atoms with Crippen LogP contribution < -0.4 is 5.56 Å². The minimum Gasteiger partial charge on any atom is -0.327 e. The largest absolute Gasteiger partial charge is 0.327 e. The molecule has 2 aromatic rings. The number of hydrogen-bond donors (Lipinski definition) is 2. The number of carbonyl (C=O) groups is 1. The third-order valence-electron chi connectivity index (χ3n) is 3.73. The van der Waals surface area contributed by atoms with Gasteiger partial charge in [-0.3, -0.25) is 14.7 Å². The van der Waals surface area contributed by atoms with Crippen molar-refractivity contribution >= 4 is 5.91 Å². The van der Waals surface area contributed by atoms with Crippen LogP contribution in [0.25, 0.3) is 0 Å².